The fraction of sp³-hybridized carbons (Fsp3) is 0.250. The van der Waals surface area contributed by atoms with Crippen LogP contribution in [0.25, 0.3) is 5.69 Å². The summed E-state index contributed by atoms with van der Waals surface area (Å²) in [6, 6.07) is 7.84. The fourth-order valence-electron chi connectivity index (χ4n) is 2.16. The third-order valence-electron chi connectivity index (χ3n) is 3.47. The van der Waals surface area contributed by atoms with Crippen molar-refractivity contribution in [3.63, 3.8) is 0 Å². The topological polar surface area (TPSA) is 72.7 Å². The average Bonchev–Trinajstić information content (AvgIpc) is 3.15. The number of thiazole rings is 1. The molecule has 0 spiro atoms. The molecule has 0 fully saturated rings. The Kier molecular flexibility index (Phi) is 4.20. The van der Waals surface area contributed by atoms with E-state index in [2.05, 4.69) is 20.6 Å². The number of hydrogen-bond acceptors (Lipinski definition) is 5. The monoisotopic (exact) mass is 327 g/mol. The van der Waals surface area contributed by atoms with E-state index in [9.17, 15) is 4.79 Å². The van der Waals surface area contributed by atoms with Gasteiger partial charge < -0.3 is 0 Å². The van der Waals surface area contributed by atoms with Crippen molar-refractivity contribution in [1.82, 2.24) is 20.0 Å². The molecule has 3 rings (SSSR count). The SMILES string of the molecule is CCc1nc(NC(=O)c2cn(-c3ccc(C)cc3)nn2)sc1C. The van der Waals surface area contributed by atoms with Crippen LogP contribution in [0.5, 0.6) is 0 Å². The minimum atomic E-state index is -0.306. The van der Waals surface area contributed by atoms with Crippen molar-refractivity contribution in [2.45, 2.75) is 27.2 Å². The second-order valence-electron chi connectivity index (χ2n) is 5.21. The standard InChI is InChI=1S/C16H17N5OS/c1-4-13-11(3)23-16(17-13)18-15(22)14-9-21(20-19-14)12-7-5-10(2)6-8-12/h5-9H,4H2,1-3H3,(H,17,18,22). The smallest absolute Gasteiger partial charge is 0.279 e. The molecule has 0 aliphatic rings. The van der Waals surface area contributed by atoms with Gasteiger partial charge in [-0.05, 0) is 32.4 Å². The highest BCUT2D eigenvalue weighted by Crippen LogP contribution is 2.22. The van der Waals surface area contributed by atoms with Gasteiger partial charge in [-0.2, -0.15) is 0 Å². The van der Waals surface area contributed by atoms with E-state index in [1.807, 2.05) is 45.0 Å². The Balaban J connectivity index is 1.76. The van der Waals surface area contributed by atoms with Crippen LogP contribution in [0.2, 0.25) is 0 Å². The van der Waals surface area contributed by atoms with Crippen molar-refractivity contribution < 1.29 is 4.79 Å². The van der Waals surface area contributed by atoms with Crippen LogP contribution in [0.4, 0.5) is 5.13 Å². The molecule has 0 radical (unpaired) electrons. The normalized spacial score (nSPS) is 10.7. The molecular formula is C16H17N5OS. The number of nitrogens with one attached hydrogen (secondary N) is 1. The molecule has 1 N–H and O–H groups in total. The number of benzene rings is 1. The molecule has 6 nitrogen and oxygen atoms in total. The zero-order chi connectivity index (χ0) is 16.4. The first kappa shape index (κ1) is 15.4. The molecule has 0 aliphatic heterocycles. The maximum Gasteiger partial charge on any atom is 0.279 e. The van der Waals surface area contributed by atoms with Crippen molar-refractivity contribution in [2.24, 2.45) is 0 Å². The summed E-state index contributed by atoms with van der Waals surface area (Å²) in [5.74, 6) is -0.306. The third-order valence-corrected chi connectivity index (χ3v) is 4.40. The first-order valence-corrected chi connectivity index (χ1v) is 8.15. The molecular weight excluding hydrogens is 310 g/mol. The van der Waals surface area contributed by atoms with E-state index in [1.165, 1.54) is 11.3 Å². The Hall–Kier alpha value is -2.54. The van der Waals surface area contributed by atoms with Crippen molar-refractivity contribution in [3.05, 3.63) is 52.3 Å². The molecule has 0 saturated heterocycles. The zero-order valence-electron chi connectivity index (χ0n) is 13.2. The summed E-state index contributed by atoms with van der Waals surface area (Å²) in [5, 5.41) is 11.3. The van der Waals surface area contributed by atoms with Crippen LogP contribution < -0.4 is 5.32 Å². The lowest BCUT2D eigenvalue weighted by atomic mass is 10.2. The van der Waals surface area contributed by atoms with Crippen molar-refractivity contribution >= 4 is 22.4 Å². The van der Waals surface area contributed by atoms with E-state index in [1.54, 1.807) is 10.9 Å². The number of aryl methyl sites for hydroxylation is 3. The van der Waals surface area contributed by atoms with Crippen LogP contribution in [-0.2, 0) is 6.42 Å². The highest BCUT2D eigenvalue weighted by atomic mass is 32.1. The number of anilines is 1. The first-order chi connectivity index (χ1) is 11.1. The van der Waals surface area contributed by atoms with Gasteiger partial charge >= 0.3 is 0 Å². The van der Waals surface area contributed by atoms with Crippen LogP contribution in [-0.4, -0.2) is 25.9 Å². The van der Waals surface area contributed by atoms with Crippen LogP contribution in [0.15, 0.2) is 30.5 Å². The Morgan fingerprint density at radius 2 is 2.00 bits per heavy atom. The van der Waals surface area contributed by atoms with Crippen molar-refractivity contribution in [2.75, 3.05) is 5.32 Å². The summed E-state index contributed by atoms with van der Waals surface area (Å²) in [7, 11) is 0. The van der Waals surface area contributed by atoms with Gasteiger partial charge in [0.15, 0.2) is 10.8 Å². The number of amides is 1. The highest BCUT2D eigenvalue weighted by Gasteiger charge is 2.14. The average molecular weight is 327 g/mol. The lowest BCUT2D eigenvalue weighted by molar-refractivity contribution is 0.102. The molecule has 2 heterocycles. The lowest BCUT2D eigenvalue weighted by Crippen LogP contribution is -2.12. The minimum absolute atomic E-state index is 0.261. The summed E-state index contributed by atoms with van der Waals surface area (Å²) in [5.41, 5.74) is 3.29. The Bertz CT molecular complexity index is 835. The molecule has 7 heteroatoms. The van der Waals surface area contributed by atoms with Gasteiger partial charge in [0.25, 0.3) is 5.91 Å². The second kappa shape index (κ2) is 6.29. The van der Waals surface area contributed by atoms with Crippen LogP contribution >= 0.6 is 11.3 Å². The molecule has 118 valence electrons. The minimum Gasteiger partial charge on any atom is -0.296 e. The van der Waals surface area contributed by atoms with Gasteiger partial charge in [0.1, 0.15) is 0 Å². The van der Waals surface area contributed by atoms with Crippen LogP contribution in [0.3, 0.4) is 0 Å². The van der Waals surface area contributed by atoms with Gasteiger partial charge in [0.2, 0.25) is 0 Å². The molecule has 23 heavy (non-hydrogen) atoms. The third kappa shape index (κ3) is 3.29. The van der Waals surface area contributed by atoms with E-state index in [-0.39, 0.29) is 11.6 Å². The van der Waals surface area contributed by atoms with Crippen molar-refractivity contribution in [1.29, 1.82) is 0 Å². The van der Waals surface area contributed by atoms with Gasteiger partial charge in [-0.15, -0.1) is 16.4 Å². The molecule has 0 atom stereocenters. The molecule has 1 amide bonds. The largest absolute Gasteiger partial charge is 0.296 e. The summed E-state index contributed by atoms with van der Waals surface area (Å²) in [6.07, 6.45) is 2.46. The number of carbonyl (C=O) groups excluding carboxylic acids is 1. The predicted octanol–water partition coefficient (Wildman–Crippen LogP) is 3.16. The molecule has 0 bridgehead atoms. The van der Waals surface area contributed by atoms with Crippen molar-refractivity contribution in [3.8, 4) is 5.69 Å². The van der Waals surface area contributed by atoms with Gasteiger partial charge in [-0.25, -0.2) is 9.67 Å². The van der Waals surface area contributed by atoms with Crippen LogP contribution in [0.1, 0.15) is 33.5 Å². The Labute approximate surface area is 138 Å². The van der Waals surface area contributed by atoms with E-state index >= 15 is 0 Å². The van der Waals surface area contributed by atoms with E-state index in [0.29, 0.717) is 5.13 Å². The zero-order valence-corrected chi connectivity index (χ0v) is 14.0. The maximum absolute atomic E-state index is 12.3. The Morgan fingerprint density at radius 3 is 2.65 bits per heavy atom. The van der Waals surface area contributed by atoms with Gasteiger partial charge in [0.05, 0.1) is 17.6 Å². The number of hydrogen-bond donors (Lipinski definition) is 1. The quantitative estimate of drug-likeness (QED) is 0.799. The highest BCUT2D eigenvalue weighted by molar-refractivity contribution is 7.15. The van der Waals surface area contributed by atoms with Gasteiger partial charge in [-0.1, -0.05) is 29.8 Å². The number of rotatable bonds is 4. The molecule has 3 aromatic rings. The molecule has 0 saturated carbocycles. The summed E-state index contributed by atoms with van der Waals surface area (Å²) in [4.78, 5) is 17.8. The molecule has 2 aromatic heterocycles. The predicted molar refractivity (Wildman–Crippen MR) is 90.3 cm³/mol. The first-order valence-electron chi connectivity index (χ1n) is 7.34. The number of carbonyl (C=O) groups is 1. The van der Waals surface area contributed by atoms with E-state index in [0.717, 1.165) is 28.2 Å². The fourth-order valence-corrected chi connectivity index (χ4v) is 3.06. The summed E-state index contributed by atoms with van der Waals surface area (Å²) >= 11 is 1.47. The molecule has 0 unspecified atom stereocenters. The van der Waals surface area contributed by atoms with Crippen LogP contribution in [0, 0.1) is 13.8 Å². The van der Waals surface area contributed by atoms with Gasteiger partial charge in [0, 0.05) is 4.88 Å². The molecule has 0 aliphatic carbocycles. The number of nitrogens with zero attached hydrogens (tertiary/aromatic N) is 4. The summed E-state index contributed by atoms with van der Waals surface area (Å²) < 4.78 is 1.58. The Morgan fingerprint density at radius 1 is 1.26 bits per heavy atom. The van der Waals surface area contributed by atoms with Gasteiger partial charge in [-0.3, -0.25) is 10.1 Å². The van der Waals surface area contributed by atoms with E-state index < -0.39 is 0 Å². The van der Waals surface area contributed by atoms with E-state index in [4.69, 9.17) is 0 Å². The summed E-state index contributed by atoms with van der Waals surface area (Å²) in [6.45, 7) is 6.06. The molecule has 1 aromatic carbocycles. The lowest BCUT2D eigenvalue weighted by Gasteiger charge is -1.99. The second-order valence-corrected chi connectivity index (χ2v) is 6.42. The maximum atomic E-state index is 12.3. The number of aromatic nitrogens is 4.